The van der Waals surface area contributed by atoms with Crippen LogP contribution in [0, 0.1) is 0 Å². The van der Waals surface area contributed by atoms with Crippen LogP contribution in [0.1, 0.15) is 0 Å². The number of nitrogens with two attached hydrogens (primary N) is 1. The first-order valence-corrected chi connectivity index (χ1v) is 2.12. The van der Waals surface area contributed by atoms with E-state index < -0.39 is 12.1 Å². The van der Waals surface area contributed by atoms with Crippen LogP contribution in [0.25, 0.3) is 0 Å². The molecule has 0 aliphatic carbocycles. The summed E-state index contributed by atoms with van der Waals surface area (Å²) in [6.45, 7) is 0. The van der Waals surface area contributed by atoms with E-state index >= 15 is 0 Å². The Morgan fingerprint density at radius 2 is 2.00 bits per heavy atom. The van der Waals surface area contributed by atoms with Gasteiger partial charge in [0.25, 0.3) is 0 Å². The molecule has 0 saturated carbocycles. The van der Waals surface area contributed by atoms with Crippen LogP contribution in [0.3, 0.4) is 0 Å². The summed E-state index contributed by atoms with van der Waals surface area (Å²) in [6, 6.07) is 0. The summed E-state index contributed by atoms with van der Waals surface area (Å²) in [4.78, 5) is 13.3. The molecule has 0 aromatic heterocycles. The zero-order valence-corrected chi connectivity index (χ0v) is 4.68. The van der Waals surface area contributed by atoms with Crippen LogP contribution >= 0.6 is 0 Å². The molecule has 0 spiro atoms. The van der Waals surface area contributed by atoms with Gasteiger partial charge in [0.2, 0.25) is 0 Å². The second kappa shape index (κ2) is 3.21. The summed E-state index contributed by atoms with van der Waals surface area (Å²) in [6.07, 6.45) is -4.57. The van der Waals surface area contributed by atoms with E-state index in [2.05, 4.69) is 10.7 Å². The van der Waals surface area contributed by atoms with Crippen molar-refractivity contribution in [3.05, 3.63) is 12.2 Å². The van der Waals surface area contributed by atoms with E-state index in [0.29, 0.717) is 0 Å². The van der Waals surface area contributed by atoms with Crippen LogP contribution in [0.5, 0.6) is 0 Å². The molecule has 0 amide bonds. The summed E-state index contributed by atoms with van der Waals surface area (Å²) in [5, 5.41) is 0. The van der Waals surface area contributed by atoms with Crippen molar-refractivity contribution in [3.63, 3.8) is 0 Å². The van der Waals surface area contributed by atoms with Crippen LogP contribution in [-0.4, -0.2) is 12.1 Å². The molecule has 2 N–H and O–H groups in total. The third kappa shape index (κ3) is 5.10. The molecule has 0 rings (SSSR count). The second-order valence-electron chi connectivity index (χ2n) is 1.31. The van der Waals surface area contributed by atoms with Crippen molar-refractivity contribution in [1.82, 2.24) is 0 Å². The number of rotatable bonds is 1. The number of allylic oxidation sites excluding steroid dienone is 1. The molecular formula is C4H4F3NO2. The van der Waals surface area contributed by atoms with E-state index in [9.17, 15) is 18.0 Å². The predicted molar refractivity (Wildman–Crippen MR) is 25.5 cm³/mol. The van der Waals surface area contributed by atoms with Crippen LogP contribution in [0.2, 0.25) is 0 Å². The lowest BCUT2D eigenvalue weighted by molar-refractivity contribution is -0.138. The Morgan fingerprint density at radius 1 is 1.50 bits per heavy atom. The van der Waals surface area contributed by atoms with E-state index in [0.717, 1.165) is 0 Å². The van der Waals surface area contributed by atoms with E-state index in [1.54, 1.807) is 0 Å². The molecule has 0 aliphatic heterocycles. The van der Waals surface area contributed by atoms with Crippen LogP contribution in [-0.2, 0) is 9.63 Å². The first-order chi connectivity index (χ1) is 4.45. The van der Waals surface area contributed by atoms with Gasteiger partial charge in [-0.15, -0.1) is 0 Å². The zero-order chi connectivity index (χ0) is 8.20. The van der Waals surface area contributed by atoms with Gasteiger partial charge < -0.3 is 4.84 Å². The van der Waals surface area contributed by atoms with Crippen molar-refractivity contribution in [1.29, 1.82) is 0 Å². The number of carbonyl (C=O) groups excluding carboxylic acids is 1. The molecular weight excluding hydrogens is 151 g/mol. The number of hydrogen-bond acceptors (Lipinski definition) is 3. The van der Waals surface area contributed by atoms with Crippen molar-refractivity contribution < 1.29 is 22.8 Å². The molecule has 10 heavy (non-hydrogen) atoms. The lowest BCUT2D eigenvalue weighted by Gasteiger charge is -1.95. The Balaban J connectivity index is 3.88. The molecule has 0 heterocycles. The molecule has 0 unspecified atom stereocenters. The summed E-state index contributed by atoms with van der Waals surface area (Å²) in [7, 11) is 0. The third-order valence-corrected chi connectivity index (χ3v) is 0.525. The Morgan fingerprint density at radius 3 is 2.30 bits per heavy atom. The van der Waals surface area contributed by atoms with Crippen molar-refractivity contribution in [2.75, 3.05) is 0 Å². The Labute approximate surface area is 54.2 Å². The van der Waals surface area contributed by atoms with Gasteiger partial charge in [0.15, 0.2) is 0 Å². The zero-order valence-electron chi connectivity index (χ0n) is 4.68. The van der Waals surface area contributed by atoms with Crippen molar-refractivity contribution >= 4 is 5.97 Å². The van der Waals surface area contributed by atoms with Gasteiger partial charge in [-0.1, -0.05) is 0 Å². The molecule has 3 nitrogen and oxygen atoms in total. The number of carbonyl (C=O) groups is 1. The van der Waals surface area contributed by atoms with E-state index in [1.807, 2.05) is 0 Å². The van der Waals surface area contributed by atoms with E-state index in [-0.39, 0.29) is 12.2 Å². The summed E-state index contributed by atoms with van der Waals surface area (Å²) in [5.74, 6) is 2.99. The molecule has 0 aromatic carbocycles. The van der Waals surface area contributed by atoms with Gasteiger partial charge in [0.1, 0.15) is 0 Å². The van der Waals surface area contributed by atoms with Gasteiger partial charge in [-0.05, 0) is 0 Å². The monoisotopic (exact) mass is 155 g/mol. The van der Waals surface area contributed by atoms with Gasteiger partial charge in [0.05, 0.1) is 0 Å². The predicted octanol–water partition coefficient (Wildman–Crippen LogP) is 0.522. The normalized spacial score (nSPS) is 12.0. The second-order valence-corrected chi connectivity index (χ2v) is 1.31. The SMILES string of the molecule is NOC(=O)C=CC(F)(F)F. The number of alkyl halides is 3. The molecule has 0 saturated heterocycles. The molecule has 6 heteroatoms. The Bertz CT molecular complexity index is 151. The molecule has 0 aliphatic rings. The van der Waals surface area contributed by atoms with Crippen LogP contribution < -0.4 is 5.90 Å². The maximum Gasteiger partial charge on any atom is 0.410 e. The number of hydrogen-bond donors (Lipinski definition) is 1. The van der Waals surface area contributed by atoms with Gasteiger partial charge in [-0.3, -0.25) is 0 Å². The highest BCUT2D eigenvalue weighted by Gasteiger charge is 2.22. The lowest BCUT2D eigenvalue weighted by atomic mass is 10.5. The third-order valence-electron chi connectivity index (χ3n) is 0.525. The average Bonchev–Trinajstić information content (AvgIpc) is 1.81. The highest BCUT2D eigenvalue weighted by Crippen LogP contribution is 2.15. The van der Waals surface area contributed by atoms with Crippen molar-refractivity contribution in [2.45, 2.75) is 6.18 Å². The molecule has 0 fully saturated rings. The number of halogens is 3. The summed E-state index contributed by atoms with van der Waals surface area (Å²) in [5.41, 5.74) is 0. The minimum Gasteiger partial charge on any atom is -0.370 e. The maximum atomic E-state index is 11.2. The van der Waals surface area contributed by atoms with E-state index in [1.165, 1.54) is 0 Å². The minimum atomic E-state index is -4.51. The highest BCUT2D eigenvalue weighted by atomic mass is 19.4. The first-order valence-electron chi connectivity index (χ1n) is 2.12. The molecule has 0 bridgehead atoms. The lowest BCUT2D eigenvalue weighted by Crippen LogP contribution is -2.09. The van der Waals surface area contributed by atoms with Gasteiger partial charge in [-0.25, -0.2) is 4.79 Å². The molecule has 0 atom stereocenters. The average molecular weight is 155 g/mol. The van der Waals surface area contributed by atoms with Crippen molar-refractivity contribution in [3.8, 4) is 0 Å². The van der Waals surface area contributed by atoms with Crippen LogP contribution in [0.15, 0.2) is 12.2 Å². The Hall–Kier alpha value is -1.04. The van der Waals surface area contributed by atoms with Crippen LogP contribution in [0.4, 0.5) is 13.2 Å². The van der Waals surface area contributed by atoms with E-state index in [4.69, 9.17) is 0 Å². The topological polar surface area (TPSA) is 52.3 Å². The summed E-state index contributed by atoms with van der Waals surface area (Å²) >= 11 is 0. The Kier molecular flexibility index (Phi) is 2.88. The van der Waals surface area contributed by atoms with Gasteiger partial charge >= 0.3 is 12.1 Å². The summed E-state index contributed by atoms with van der Waals surface area (Å²) < 4.78 is 33.7. The van der Waals surface area contributed by atoms with Gasteiger partial charge in [-0.2, -0.15) is 19.1 Å². The molecule has 58 valence electrons. The highest BCUT2D eigenvalue weighted by molar-refractivity contribution is 5.81. The molecule has 0 radical (unpaired) electrons. The largest absolute Gasteiger partial charge is 0.410 e. The smallest absolute Gasteiger partial charge is 0.370 e. The molecule has 0 aromatic rings. The standard InChI is InChI=1S/C4H4F3NO2/c5-4(6,7)2-1-3(9)10-8/h1-2H,8H2. The van der Waals surface area contributed by atoms with Gasteiger partial charge in [0, 0.05) is 12.2 Å². The minimum absolute atomic E-state index is 0.194. The first kappa shape index (κ1) is 8.96. The maximum absolute atomic E-state index is 11.2. The quantitative estimate of drug-likeness (QED) is 0.443. The fraction of sp³-hybridized carbons (Fsp3) is 0.250. The fourth-order valence-corrected chi connectivity index (χ4v) is 0.202. The fourth-order valence-electron chi connectivity index (χ4n) is 0.202. The van der Waals surface area contributed by atoms with Crippen molar-refractivity contribution in [2.24, 2.45) is 5.90 Å².